The number of benzene rings is 1. The summed E-state index contributed by atoms with van der Waals surface area (Å²) < 4.78 is 4.00. The summed E-state index contributed by atoms with van der Waals surface area (Å²) in [6.07, 6.45) is 6.25. The van der Waals surface area contributed by atoms with E-state index in [2.05, 4.69) is 51.2 Å². The van der Waals surface area contributed by atoms with Gasteiger partial charge in [0, 0.05) is 31.1 Å². The first-order chi connectivity index (χ1) is 10.8. The molecule has 2 aromatic heterocycles. The van der Waals surface area contributed by atoms with Crippen LogP contribution in [-0.4, -0.2) is 24.5 Å². The fourth-order valence-corrected chi connectivity index (χ4v) is 3.34. The largest absolute Gasteiger partial charge is 0.309 e. The minimum atomic E-state index is 0.639. The van der Waals surface area contributed by atoms with Gasteiger partial charge in [0.05, 0.1) is 5.69 Å². The Labute approximate surface area is 133 Å². The summed E-state index contributed by atoms with van der Waals surface area (Å²) >= 11 is 1.74. The van der Waals surface area contributed by atoms with Crippen LogP contribution in [0.3, 0.4) is 0 Å². The highest BCUT2D eigenvalue weighted by molar-refractivity contribution is 7.98. The van der Waals surface area contributed by atoms with Gasteiger partial charge in [-0.2, -0.15) is 5.10 Å². The van der Waals surface area contributed by atoms with Gasteiger partial charge in [-0.3, -0.25) is 0 Å². The maximum atomic E-state index is 4.32. The molecule has 0 amide bonds. The van der Waals surface area contributed by atoms with Crippen LogP contribution in [0.4, 0.5) is 0 Å². The van der Waals surface area contributed by atoms with Crippen molar-refractivity contribution in [1.29, 1.82) is 0 Å². The Hall–Kier alpha value is -2.08. The zero-order chi connectivity index (χ0) is 14.9. The van der Waals surface area contributed by atoms with Crippen molar-refractivity contribution >= 4 is 11.8 Å². The van der Waals surface area contributed by atoms with Gasteiger partial charge in [-0.15, -0.1) is 10.2 Å². The molecule has 0 radical (unpaired) electrons. The molecule has 0 saturated heterocycles. The average molecular weight is 311 g/mol. The number of aromatic nitrogens is 5. The number of nitrogens with zero attached hydrogens (tertiary/aromatic N) is 5. The van der Waals surface area contributed by atoms with E-state index in [1.807, 2.05) is 16.9 Å². The van der Waals surface area contributed by atoms with Crippen molar-refractivity contribution in [1.82, 2.24) is 24.5 Å². The van der Waals surface area contributed by atoms with Crippen molar-refractivity contribution in [3.05, 3.63) is 54.1 Å². The lowest BCUT2D eigenvalue weighted by Crippen LogP contribution is -1.97. The fourth-order valence-electron chi connectivity index (χ4n) is 2.46. The van der Waals surface area contributed by atoms with Crippen molar-refractivity contribution < 1.29 is 0 Å². The molecule has 1 saturated carbocycles. The lowest BCUT2D eigenvalue weighted by Gasteiger charge is -2.05. The first kappa shape index (κ1) is 13.6. The fraction of sp³-hybridized carbons (Fsp3) is 0.312. The van der Waals surface area contributed by atoms with Crippen molar-refractivity contribution in [3.63, 3.8) is 0 Å². The van der Waals surface area contributed by atoms with Crippen molar-refractivity contribution in [3.8, 4) is 5.69 Å². The van der Waals surface area contributed by atoms with Crippen molar-refractivity contribution in [2.24, 2.45) is 7.05 Å². The predicted octanol–water partition coefficient (Wildman–Crippen LogP) is 3.17. The SMILES string of the molecule is Cn1c(SCc2ccc(-n3cccn3)cc2)nnc1C1CC1. The lowest BCUT2D eigenvalue weighted by molar-refractivity contribution is 0.736. The van der Waals surface area contributed by atoms with E-state index in [4.69, 9.17) is 0 Å². The quantitative estimate of drug-likeness (QED) is 0.679. The van der Waals surface area contributed by atoms with Gasteiger partial charge in [0.1, 0.15) is 5.82 Å². The van der Waals surface area contributed by atoms with Crippen LogP contribution in [-0.2, 0) is 12.8 Å². The molecule has 1 fully saturated rings. The molecule has 1 aromatic carbocycles. The van der Waals surface area contributed by atoms with E-state index >= 15 is 0 Å². The van der Waals surface area contributed by atoms with Gasteiger partial charge in [0.2, 0.25) is 0 Å². The number of rotatable bonds is 5. The highest BCUT2D eigenvalue weighted by Gasteiger charge is 2.29. The van der Waals surface area contributed by atoms with E-state index in [1.54, 1.807) is 18.0 Å². The zero-order valence-electron chi connectivity index (χ0n) is 12.4. The molecular weight excluding hydrogens is 294 g/mol. The molecule has 6 heteroatoms. The van der Waals surface area contributed by atoms with E-state index in [-0.39, 0.29) is 0 Å². The molecule has 0 aliphatic heterocycles. The highest BCUT2D eigenvalue weighted by atomic mass is 32.2. The summed E-state index contributed by atoms with van der Waals surface area (Å²) in [5, 5.41) is 13.9. The van der Waals surface area contributed by atoms with E-state index in [9.17, 15) is 0 Å². The first-order valence-electron chi connectivity index (χ1n) is 7.42. The summed E-state index contributed by atoms with van der Waals surface area (Å²) in [6, 6.07) is 10.4. The van der Waals surface area contributed by atoms with Gasteiger partial charge in [0.25, 0.3) is 0 Å². The molecule has 0 unspecified atom stereocenters. The maximum absolute atomic E-state index is 4.32. The van der Waals surface area contributed by atoms with Gasteiger partial charge in [-0.25, -0.2) is 4.68 Å². The molecule has 22 heavy (non-hydrogen) atoms. The lowest BCUT2D eigenvalue weighted by atomic mass is 10.2. The van der Waals surface area contributed by atoms with Gasteiger partial charge < -0.3 is 4.57 Å². The smallest absolute Gasteiger partial charge is 0.191 e. The summed E-state index contributed by atoms with van der Waals surface area (Å²) in [5.74, 6) is 2.67. The monoisotopic (exact) mass is 311 g/mol. The van der Waals surface area contributed by atoms with Crippen LogP contribution in [0.15, 0.2) is 47.9 Å². The molecule has 0 atom stereocenters. The average Bonchev–Trinajstić information content (AvgIpc) is 3.10. The Bertz CT molecular complexity index is 756. The van der Waals surface area contributed by atoms with E-state index in [0.717, 1.165) is 22.4 Å². The van der Waals surface area contributed by atoms with Gasteiger partial charge >= 0.3 is 0 Å². The molecule has 0 bridgehead atoms. The number of hydrogen-bond acceptors (Lipinski definition) is 4. The molecule has 3 aromatic rings. The summed E-state index contributed by atoms with van der Waals surface area (Å²) in [5.41, 5.74) is 2.35. The summed E-state index contributed by atoms with van der Waals surface area (Å²) in [6.45, 7) is 0. The highest BCUT2D eigenvalue weighted by Crippen LogP contribution is 2.39. The molecule has 5 nitrogen and oxygen atoms in total. The minimum absolute atomic E-state index is 0.639. The topological polar surface area (TPSA) is 48.5 Å². The molecule has 0 N–H and O–H groups in total. The van der Waals surface area contributed by atoms with E-state index in [0.29, 0.717) is 5.92 Å². The Morgan fingerprint density at radius 3 is 2.68 bits per heavy atom. The summed E-state index contributed by atoms with van der Waals surface area (Å²) in [7, 11) is 2.07. The van der Waals surface area contributed by atoms with Crippen LogP contribution < -0.4 is 0 Å². The van der Waals surface area contributed by atoms with Crippen LogP contribution in [0.1, 0.15) is 30.1 Å². The first-order valence-corrected chi connectivity index (χ1v) is 8.41. The zero-order valence-corrected chi connectivity index (χ0v) is 13.2. The molecule has 112 valence electrons. The maximum Gasteiger partial charge on any atom is 0.191 e. The third-order valence-corrected chi connectivity index (χ3v) is 4.98. The Kier molecular flexibility index (Phi) is 3.46. The van der Waals surface area contributed by atoms with Crippen molar-refractivity contribution in [2.75, 3.05) is 0 Å². The predicted molar refractivity (Wildman–Crippen MR) is 86.1 cm³/mol. The standard InChI is InChI=1S/C16H17N5S/c1-20-15(13-5-6-13)18-19-16(20)22-11-12-3-7-14(8-4-12)21-10-2-9-17-21/h2-4,7-10,13H,5-6,11H2,1H3. The molecule has 1 aliphatic carbocycles. The van der Waals surface area contributed by atoms with Gasteiger partial charge in [0.15, 0.2) is 5.16 Å². The second-order valence-corrected chi connectivity index (χ2v) is 6.52. The third-order valence-electron chi connectivity index (χ3n) is 3.88. The summed E-state index contributed by atoms with van der Waals surface area (Å²) in [4.78, 5) is 0. The normalized spacial score (nSPS) is 14.4. The van der Waals surface area contributed by atoms with Crippen LogP contribution in [0.5, 0.6) is 0 Å². The van der Waals surface area contributed by atoms with Crippen LogP contribution in [0.2, 0.25) is 0 Å². The molecular formula is C16H17N5S. The minimum Gasteiger partial charge on any atom is -0.309 e. The molecule has 4 rings (SSSR count). The second-order valence-electron chi connectivity index (χ2n) is 5.58. The Balaban J connectivity index is 1.43. The molecule has 2 heterocycles. The van der Waals surface area contributed by atoms with Crippen LogP contribution in [0, 0.1) is 0 Å². The third kappa shape index (κ3) is 2.66. The Morgan fingerprint density at radius 1 is 1.18 bits per heavy atom. The van der Waals surface area contributed by atoms with Crippen molar-refractivity contribution in [2.45, 2.75) is 29.7 Å². The number of thioether (sulfide) groups is 1. The molecule has 0 spiro atoms. The van der Waals surface area contributed by atoms with Gasteiger partial charge in [-0.1, -0.05) is 23.9 Å². The van der Waals surface area contributed by atoms with E-state index in [1.165, 1.54) is 18.4 Å². The molecule has 1 aliphatic rings. The van der Waals surface area contributed by atoms with E-state index < -0.39 is 0 Å². The second kappa shape index (κ2) is 5.61. The van der Waals surface area contributed by atoms with Crippen LogP contribution >= 0.6 is 11.8 Å². The Morgan fingerprint density at radius 2 is 2.00 bits per heavy atom. The van der Waals surface area contributed by atoms with Gasteiger partial charge in [-0.05, 0) is 36.6 Å². The number of hydrogen-bond donors (Lipinski definition) is 0. The van der Waals surface area contributed by atoms with Crippen LogP contribution in [0.25, 0.3) is 5.69 Å².